The highest BCUT2D eigenvalue weighted by Gasteiger charge is 2.41. The van der Waals surface area contributed by atoms with Crippen LogP contribution in [0.5, 0.6) is 0 Å². The average molecular weight is 596 g/mol. The summed E-state index contributed by atoms with van der Waals surface area (Å²) in [6.45, 7) is 0. The number of hydrogen-bond acceptors (Lipinski definition) is 7. The minimum atomic E-state index is -4.43. The Morgan fingerprint density at radius 3 is 2.40 bits per heavy atom. The molecule has 3 aliphatic carbocycles. The van der Waals surface area contributed by atoms with Gasteiger partial charge in [-0.2, -0.15) is 18.3 Å². The van der Waals surface area contributed by atoms with Crippen molar-refractivity contribution >= 4 is 17.5 Å². The van der Waals surface area contributed by atoms with Crippen molar-refractivity contribution in [3.05, 3.63) is 41.1 Å². The zero-order valence-electron chi connectivity index (χ0n) is 22.5. The normalized spacial score (nSPS) is 20.8. The fourth-order valence-electron chi connectivity index (χ4n) is 5.65. The molecular weight excluding hydrogens is 565 g/mol. The van der Waals surface area contributed by atoms with Crippen LogP contribution in [-0.2, 0) is 4.79 Å². The predicted octanol–water partition coefficient (Wildman–Crippen LogP) is 5.20. The molecule has 10 nitrogen and oxygen atoms in total. The highest BCUT2D eigenvalue weighted by atomic mass is 19.4. The minimum Gasteiger partial charge on any atom is -0.349 e. The Balaban J connectivity index is 1.25. The molecule has 0 spiro atoms. The van der Waals surface area contributed by atoms with Crippen LogP contribution >= 0.6 is 0 Å². The van der Waals surface area contributed by atoms with Crippen LogP contribution in [-0.4, -0.2) is 48.8 Å². The largest absolute Gasteiger partial charge is 0.389 e. The van der Waals surface area contributed by atoms with Crippen molar-refractivity contribution in [2.45, 2.75) is 94.3 Å². The standard InChI is InChI=1S/C27H30F5N7O3/c28-26(29)8-5-16(6-9-26)22(36-25(41)24-23(15-3-4-15)37-42-38-24)18-13-39-19(34-18)11-17(12-33-39)21(14-1-2-14)35-20(40)7-10-27(30,31)32/h11-16,21-22H,1-10H2,(H,35,40)(H,36,41)/t21-,22+/m1/s1. The maximum absolute atomic E-state index is 14.0. The maximum Gasteiger partial charge on any atom is 0.389 e. The van der Waals surface area contributed by atoms with Crippen molar-refractivity contribution in [2.75, 3.05) is 0 Å². The molecule has 0 aromatic carbocycles. The summed E-state index contributed by atoms with van der Waals surface area (Å²) < 4.78 is 72.1. The highest BCUT2D eigenvalue weighted by Crippen LogP contribution is 2.44. The molecule has 42 heavy (non-hydrogen) atoms. The van der Waals surface area contributed by atoms with E-state index in [1.807, 2.05) is 0 Å². The predicted molar refractivity (Wildman–Crippen MR) is 135 cm³/mol. The van der Waals surface area contributed by atoms with E-state index in [0.717, 1.165) is 25.7 Å². The smallest absolute Gasteiger partial charge is 0.349 e. The number of carbonyl (C=O) groups excluding carboxylic acids is 2. The van der Waals surface area contributed by atoms with Crippen LogP contribution in [0, 0.1) is 11.8 Å². The number of nitrogens with one attached hydrogen (secondary N) is 2. The van der Waals surface area contributed by atoms with E-state index >= 15 is 0 Å². The first-order valence-corrected chi connectivity index (χ1v) is 14.2. The van der Waals surface area contributed by atoms with Gasteiger partial charge in [-0.3, -0.25) is 9.59 Å². The van der Waals surface area contributed by atoms with Crippen LogP contribution in [0.4, 0.5) is 22.0 Å². The van der Waals surface area contributed by atoms with Gasteiger partial charge in [0.25, 0.3) is 5.91 Å². The number of fused-ring (bicyclic) bond motifs is 1. The molecule has 226 valence electrons. The van der Waals surface area contributed by atoms with E-state index in [4.69, 9.17) is 4.63 Å². The number of nitrogens with zero attached hydrogens (tertiary/aromatic N) is 5. The van der Waals surface area contributed by atoms with Gasteiger partial charge in [0.2, 0.25) is 11.8 Å². The molecule has 3 saturated carbocycles. The Labute approximate surface area is 236 Å². The zero-order valence-corrected chi connectivity index (χ0v) is 22.5. The van der Waals surface area contributed by atoms with Gasteiger partial charge in [0.1, 0.15) is 5.69 Å². The van der Waals surface area contributed by atoms with Gasteiger partial charge in [0.05, 0.1) is 36.6 Å². The molecule has 6 rings (SSSR count). The number of amides is 2. The molecule has 0 radical (unpaired) electrons. The van der Waals surface area contributed by atoms with Crippen LogP contribution in [0.2, 0.25) is 0 Å². The van der Waals surface area contributed by atoms with E-state index < -0.39 is 48.8 Å². The second-order valence-corrected chi connectivity index (χ2v) is 11.7. The van der Waals surface area contributed by atoms with Gasteiger partial charge in [-0.25, -0.2) is 22.9 Å². The van der Waals surface area contributed by atoms with Gasteiger partial charge in [-0.1, -0.05) is 5.16 Å². The summed E-state index contributed by atoms with van der Waals surface area (Å²) in [6.07, 6.45) is -0.0437. The van der Waals surface area contributed by atoms with Crippen LogP contribution in [0.15, 0.2) is 23.1 Å². The lowest BCUT2D eigenvalue weighted by Gasteiger charge is -2.33. The second-order valence-electron chi connectivity index (χ2n) is 11.7. The number of halogens is 5. The fourth-order valence-corrected chi connectivity index (χ4v) is 5.65. The number of rotatable bonds is 10. The lowest BCUT2D eigenvalue weighted by atomic mass is 9.81. The third-order valence-corrected chi connectivity index (χ3v) is 8.30. The first-order valence-electron chi connectivity index (χ1n) is 14.2. The molecule has 3 aliphatic rings. The van der Waals surface area contributed by atoms with E-state index in [2.05, 4.69) is 31.0 Å². The maximum atomic E-state index is 14.0. The minimum absolute atomic E-state index is 0.0707. The Morgan fingerprint density at radius 2 is 1.74 bits per heavy atom. The number of hydrogen-bond donors (Lipinski definition) is 2. The monoisotopic (exact) mass is 595 g/mol. The molecule has 2 N–H and O–H groups in total. The number of imidazole rings is 1. The molecule has 3 aromatic heterocycles. The summed E-state index contributed by atoms with van der Waals surface area (Å²) in [4.78, 5) is 30.3. The van der Waals surface area contributed by atoms with E-state index in [0.29, 0.717) is 22.6 Å². The number of alkyl halides is 5. The van der Waals surface area contributed by atoms with E-state index in [9.17, 15) is 31.5 Å². The molecule has 0 aliphatic heterocycles. The van der Waals surface area contributed by atoms with Gasteiger partial charge in [-0.15, -0.1) is 0 Å². The molecule has 3 heterocycles. The third kappa shape index (κ3) is 6.54. The van der Waals surface area contributed by atoms with E-state index in [-0.39, 0.29) is 49.1 Å². The van der Waals surface area contributed by atoms with E-state index in [1.54, 1.807) is 12.3 Å². The lowest BCUT2D eigenvalue weighted by Crippen LogP contribution is -2.37. The Kier molecular flexibility index (Phi) is 7.37. The summed E-state index contributed by atoms with van der Waals surface area (Å²) in [5.74, 6) is -4.13. The first kappa shape index (κ1) is 28.5. The van der Waals surface area contributed by atoms with Crippen LogP contribution in [0.1, 0.15) is 110 Å². The lowest BCUT2D eigenvalue weighted by molar-refractivity contribution is -0.144. The average Bonchev–Trinajstić information content (AvgIpc) is 3.87. The Morgan fingerprint density at radius 1 is 1.02 bits per heavy atom. The molecular formula is C27H30F5N7O3. The highest BCUT2D eigenvalue weighted by molar-refractivity contribution is 5.93. The molecule has 15 heteroatoms. The van der Waals surface area contributed by atoms with E-state index in [1.165, 1.54) is 10.7 Å². The molecule has 3 aromatic rings. The van der Waals surface area contributed by atoms with Gasteiger partial charge in [0, 0.05) is 25.2 Å². The molecule has 2 atom stereocenters. The van der Waals surface area contributed by atoms with Crippen LogP contribution < -0.4 is 10.6 Å². The summed E-state index contributed by atoms with van der Waals surface area (Å²) in [5, 5.41) is 17.7. The topological polar surface area (TPSA) is 127 Å². The van der Waals surface area contributed by atoms with Gasteiger partial charge in [-0.05, 0) is 67.1 Å². The van der Waals surface area contributed by atoms with Gasteiger partial charge < -0.3 is 10.6 Å². The summed E-state index contributed by atoms with van der Waals surface area (Å²) >= 11 is 0. The van der Waals surface area contributed by atoms with Gasteiger partial charge >= 0.3 is 6.18 Å². The quantitative estimate of drug-likeness (QED) is 0.309. The molecule has 0 saturated heterocycles. The summed E-state index contributed by atoms with van der Waals surface area (Å²) in [5.41, 5.74) is 1.96. The van der Waals surface area contributed by atoms with Crippen molar-refractivity contribution in [3.8, 4) is 0 Å². The van der Waals surface area contributed by atoms with Crippen molar-refractivity contribution in [1.82, 2.24) is 35.5 Å². The number of aromatic nitrogens is 5. The SMILES string of the molecule is O=C(CCC(F)(F)F)N[C@@H](c1cnn2cc([C@@H](NC(=O)c3nonc3C3CC3)C3CCC(F)(F)CC3)nc2c1)C1CC1. The molecule has 0 bridgehead atoms. The second kappa shape index (κ2) is 10.9. The molecule has 2 amide bonds. The van der Waals surface area contributed by atoms with Gasteiger partial charge in [0.15, 0.2) is 11.3 Å². The van der Waals surface area contributed by atoms with Crippen molar-refractivity contribution < 1.29 is 36.2 Å². The zero-order chi connectivity index (χ0) is 29.6. The van der Waals surface area contributed by atoms with Crippen LogP contribution in [0.3, 0.4) is 0 Å². The van der Waals surface area contributed by atoms with Crippen molar-refractivity contribution in [1.29, 1.82) is 0 Å². The summed E-state index contributed by atoms with van der Waals surface area (Å²) in [7, 11) is 0. The molecule has 0 unspecified atom stereocenters. The third-order valence-electron chi connectivity index (χ3n) is 8.30. The Bertz CT molecular complexity index is 1450. The number of carbonyl (C=O) groups is 2. The fraction of sp³-hybridized carbons (Fsp3) is 0.630. The Hall–Kier alpha value is -3.65. The van der Waals surface area contributed by atoms with Crippen molar-refractivity contribution in [3.63, 3.8) is 0 Å². The summed E-state index contributed by atoms with van der Waals surface area (Å²) in [6, 6.07) is 0.466. The molecule has 3 fully saturated rings. The first-order chi connectivity index (χ1) is 20.0. The van der Waals surface area contributed by atoms with Crippen LogP contribution in [0.25, 0.3) is 5.65 Å². The van der Waals surface area contributed by atoms with Crippen molar-refractivity contribution in [2.24, 2.45) is 11.8 Å².